The summed E-state index contributed by atoms with van der Waals surface area (Å²) in [7, 11) is 3.04. The molecule has 0 atom stereocenters. The van der Waals surface area contributed by atoms with Gasteiger partial charge in [0.05, 0.1) is 18.7 Å². The fraction of sp³-hybridized carbons (Fsp3) is 0.375. The summed E-state index contributed by atoms with van der Waals surface area (Å²) in [6.45, 7) is 5.09. The van der Waals surface area contributed by atoms with Crippen molar-refractivity contribution in [2.45, 2.75) is 26.9 Å². The maximum Gasteiger partial charge on any atom is 0.308 e. The van der Waals surface area contributed by atoms with Crippen LogP contribution in [0.25, 0.3) is 10.9 Å². The van der Waals surface area contributed by atoms with Crippen LogP contribution in [0.1, 0.15) is 20.8 Å². The molecule has 1 aromatic carbocycles. The number of methoxy groups -OCH3 is 1. The Hall–Kier alpha value is -2.50. The second-order valence-corrected chi connectivity index (χ2v) is 5.17. The number of pyridine rings is 1. The van der Waals surface area contributed by atoms with Gasteiger partial charge >= 0.3 is 5.97 Å². The highest BCUT2D eigenvalue weighted by molar-refractivity contribution is 5.89. The molecule has 0 aliphatic heterocycles. The summed E-state index contributed by atoms with van der Waals surface area (Å²) >= 11 is 0. The molecule has 118 valence electrons. The summed E-state index contributed by atoms with van der Waals surface area (Å²) in [5.74, 6) is 0.209. The minimum absolute atomic E-state index is 0.0247. The first-order valence-corrected chi connectivity index (χ1v) is 6.91. The van der Waals surface area contributed by atoms with Crippen molar-refractivity contribution in [2.24, 2.45) is 7.05 Å². The number of ether oxygens (including phenoxy) is 3. The van der Waals surface area contributed by atoms with E-state index in [0.29, 0.717) is 16.7 Å². The van der Waals surface area contributed by atoms with E-state index < -0.39 is 11.5 Å². The summed E-state index contributed by atoms with van der Waals surface area (Å²) in [6, 6.07) is 5.32. The van der Waals surface area contributed by atoms with E-state index in [1.165, 1.54) is 18.6 Å². The van der Waals surface area contributed by atoms with Crippen LogP contribution in [0.3, 0.4) is 0 Å². The zero-order valence-corrected chi connectivity index (χ0v) is 13.3. The summed E-state index contributed by atoms with van der Waals surface area (Å²) in [5, 5.41) is 0.664. The van der Waals surface area contributed by atoms with E-state index in [1.54, 1.807) is 25.2 Å². The van der Waals surface area contributed by atoms with Crippen LogP contribution in [0.2, 0.25) is 0 Å². The Kier molecular flexibility index (Phi) is 4.40. The molecule has 0 fully saturated rings. The number of carbonyl (C=O) groups excluding carboxylic acids is 1. The molecule has 0 aliphatic carbocycles. The van der Waals surface area contributed by atoms with Crippen molar-refractivity contribution >= 4 is 16.9 Å². The van der Waals surface area contributed by atoms with Gasteiger partial charge in [0.2, 0.25) is 5.75 Å². The Morgan fingerprint density at radius 3 is 2.45 bits per heavy atom. The SMILES string of the molecule is COc1c(OC(C)=O)c(=O)n(C)c2cc(OC(C)C)ccc12. The molecular weight excluding hydrogens is 286 g/mol. The van der Waals surface area contributed by atoms with E-state index in [1.807, 2.05) is 13.8 Å². The molecular formula is C16H19NO5. The van der Waals surface area contributed by atoms with Gasteiger partial charge in [-0.1, -0.05) is 0 Å². The third-order valence-electron chi connectivity index (χ3n) is 3.10. The van der Waals surface area contributed by atoms with Crippen molar-refractivity contribution in [3.05, 3.63) is 28.6 Å². The van der Waals surface area contributed by atoms with E-state index in [4.69, 9.17) is 14.2 Å². The van der Waals surface area contributed by atoms with Gasteiger partial charge in [0.25, 0.3) is 5.56 Å². The second kappa shape index (κ2) is 6.09. The van der Waals surface area contributed by atoms with Gasteiger partial charge in [-0.2, -0.15) is 0 Å². The third-order valence-corrected chi connectivity index (χ3v) is 3.10. The Labute approximate surface area is 128 Å². The molecule has 22 heavy (non-hydrogen) atoms. The lowest BCUT2D eigenvalue weighted by molar-refractivity contribution is -0.132. The molecule has 0 N–H and O–H groups in total. The number of hydrogen-bond donors (Lipinski definition) is 0. The standard InChI is InChI=1S/C16H19NO5/c1-9(2)21-11-6-7-12-13(8-11)17(4)16(19)15(14(12)20-5)22-10(3)18/h6-9H,1-5H3. The Bertz CT molecular complexity index is 776. The van der Waals surface area contributed by atoms with E-state index in [-0.39, 0.29) is 17.6 Å². The Balaban J connectivity index is 2.74. The molecule has 0 spiro atoms. The lowest BCUT2D eigenvalue weighted by Crippen LogP contribution is -2.22. The highest BCUT2D eigenvalue weighted by Crippen LogP contribution is 2.34. The molecule has 6 heteroatoms. The van der Waals surface area contributed by atoms with Crippen LogP contribution in [0.5, 0.6) is 17.2 Å². The number of benzene rings is 1. The molecule has 0 aliphatic rings. The lowest BCUT2D eigenvalue weighted by Gasteiger charge is -2.15. The maximum atomic E-state index is 12.4. The van der Waals surface area contributed by atoms with E-state index >= 15 is 0 Å². The van der Waals surface area contributed by atoms with Gasteiger partial charge in [0, 0.05) is 25.4 Å². The van der Waals surface area contributed by atoms with Gasteiger partial charge in [-0.25, -0.2) is 0 Å². The van der Waals surface area contributed by atoms with E-state index in [0.717, 1.165) is 0 Å². The van der Waals surface area contributed by atoms with Crippen LogP contribution in [0, 0.1) is 0 Å². The summed E-state index contributed by atoms with van der Waals surface area (Å²) < 4.78 is 17.4. The number of esters is 1. The van der Waals surface area contributed by atoms with Crippen LogP contribution in [-0.2, 0) is 11.8 Å². The first kappa shape index (κ1) is 15.9. The van der Waals surface area contributed by atoms with Crippen molar-refractivity contribution in [3.63, 3.8) is 0 Å². The molecule has 6 nitrogen and oxygen atoms in total. The number of fused-ring (bicyclic) bond motifs is 1. The van der Waals surface area contributed by atoms with Crippen molar-refractivity contribution in [3.8, 4) is 17.2 Å². The number of nitrogens with zero attached hydrogens (tertiary/aromatic N) is 1. The quantitative estimate of drug-likeness (QED) is 0.811. The number of aryl methyl sites for hydroxylation is 1. The molecule has 0 radical (unpaired) electrons. The molecule has 0 saturated heterocycles. The zero-order valence-electron chi connectivity index (χ0n) is 13.3. The van der Waals surface area contributed by atoms with Gasteiger partial charge in [-0.15, -0.1) is 0 Å². The Morgan fingerprint density at radius 1 is 1.23 bits per heavy atom. The minimum Gasteiger partial charge on any atom is -0.492 e. The molecule has 0 unspecified atom stereocenters. The predicted molar refractivity (Wildman–Crippen MR) is 82.8 cm³/mol. The highest BCUT2D eigenvalue weighted by atomic mass is 16.6. The average molecular weight is 305 g/mol. The monoisotopic (exact) mass is 305 g/mol. The van der Waals surface area contributed by atoms with Crippen LogP contribution >= 0.6 is 0 Å². The average Bonchev–Trinajstić information content (AvgIpc) is 2.44. The molecule has 2 aromatic rings. The van der Waals surface area contributed by atoms with Crippen LogP contribution in [-0.4, -0.2) is 23.8 Å². The molecule has 0 saturated carbocycles. The number of aromatic nitrogens is 1. The van der Waals surface area contributed by atoms with Crippen molar-refractivity contribution in [2.75, 3.05) is 7.11 Å². The van der Waals surface area contributed by atoms with Crippen LogP contribution in [0.15, 0.2) is 23.0 Å². The lowest BCUT2D eigenvalue weighted by atomic mass is 10.1. The summed E-state index contributed by atoms with van der Waals surface area (Å²) in [5.41, 5.74) is 0.192. The minimum atomic E-state index is -0.575. The van der Waals surface area contributed by atoms with Crippen molar-refractivity contribution < 1.29 is 19.0 Å². The fourth-order valence-electron chi connectivity index (χ4n) is 2.24. The van der Waals surface area contributed by atoms with Gasteiger partial charge < -0.3 is 18.8 Å². The molecule has 1 heterocycles. The topological polar surface area (TPSA) is 66.8 Å². The molecule has 0 amide bonds. The first-order chi connectivity index (χ1) is 10.3. The number of rotatable bonds is 4. The number of hydrogen-bond acceptors (Lipinski definition) is 5. The number of carbonyl (C=O) groups is 1. The normalized spacial score (nSPS) is 10.8. The summed E-state index contributed by atoms with van der Waals surface area (Å²) in [6.07, 6.45) is 0.0247. The smallest absolute Gasteiger partial charge is 0.308 e. The van der Waals surface area contributed by atoms with Crippen molar-refractivity contribution in [1.29, 1.82) is 0 Å². The first-order valence-electron chi connectivity index (χ1n) is 6.91. The van der Waals surface area contributed by atoms with Crippen LogP contribution < -0.4 is 19.8 Å². The van der Waals surface area contributed by atoms with Crippen molar-refractivity contribution in [1.82, 2.24) is 4.57 Å². The highest BCUT2D eigenvalue weighted by Gasteiger charge is 2.19. The van der Waals surface area contributed by atoms with Gasteiger partial charge in [-0.3, -0.25) is 9.59 Å². The molecule has 2 rings (SSSR count). The van der Waals surface area contributed by atoms with Gasteiger partial charge in [0.1, 0.15) is 5.75 Å². The predicted octanol–water partition coefficient (Wildman–Crippen LogP) is 2.26. The van der Waals surface area contributed by atoms with E-state index in [2.05, 4.69) is 0 Å². The Morgan fingerprint density at radius 2 is 1.91 bits per heavy atom. The molecule has 1 aromatic heterocycles. The summed E-state index contributed by atoms with van der Waals surface area (Å²) in [4.78, 5) is 23.6. The maximum absolute atomic E-state index is 12.4. The fourth-order valence-corrected chi connectivity index (χ4v) is 2.24. The van der Waals surface area contributed by atoms with Gasteiger partial charge in [0.15, 0.2) is 5.75 Å². The van der Waals surface area contributed by atoms with E-state index in [9.17, 15) is 9.59 Å². The second-order valence-electron chi connectivity index (χ2n) is 5.17. The largest absolute Gasteiger partial charge is 0.492 e. The third kappa shape index (κ3) is 2.90. The zero-order chi connectivity index (χ0) is 16.4. The van der Waals surface area contributed by atoms with Crippen LogP contribution in [0.4, 0.5) is 0 Å². The molecule has 0 bridgehead atoms. The van der Waals surface area contributed by atoms with Gasteiger partial charge in [-0.05, 0) is 26.0 Å².